The number of nitriles is 1. The Morgan fingerprint density at radius 3 is 2.42 bits per heavy atom. The molecule has 1 aromatic heterocycles. The number of aryl methyl sites for hydroxylation is 1. The Morgan fingerprint density at radius 1 is 1.12 bits per heavy atom. The first-order valence-electron chi connectivity index (χ1n) is 9.14. The van der Waals surface area contributed by atoms with Crippen molar-refractivity contribution in [1.29, 1.82) is 5.26 Å². The van der Waals surface area contributed by atoms with Gasteiger partial charge in [0.1, 0.15) is 5.82 Å². The van der Waals surface area contributed by atoms with E-state index in [9.17, 15) is 4.39 Å². The van der Waals surface area contributed by atoms with Crippen LogP contribution in [0.1, 0.15) is 41.4 Å². The van der Waals surface area contributed by atoms with Gasteiger partial charge in [-0.15, -0.1) is 0 Å². The molecule has 2 fully saturated rings. The fourth-order valence-corrected chi connectivity index (χ4v) is 3.36. The summed E-state index contributed by atoms with van der Waals surface area (Å²) >= 11 is 0. The highest BCUT2D eigenvalue weighted by Crippen LogP contribution is 2.39. The maximum Gasteiger partial charge on any atom is 0.186 e. The number of benzene rings is 1. The smallest absolute Gasteiger partial charge is 0.186 e. The van der Waals surface area contributed by atoms with E-state index in [1.54, 1.807) is 6.92 Å². The average Bonchev–Trinajstić information content (AvgIpc) is 3.50. The van der Waals surface area contributed by atoms with Crippen molar-refractivity contribution in [3.63, 3.8) is 0 Å². The number of aromatic nitrogens is 2. The Morgan fingerprint density at radius 2 is 1.81 bits per heavy atom. The van der Waals surface area contributed by atoms with Gasteiger partial charge in [0.2, 0.25) is 0 Å². The zero-order chi connectivity index (χ0) is 18.1. The topological polar surface area (TPSA) is 56.1 Å². The largest absolute Gasteiger partial charge is 0.352 e. The molecule has 4 rings (SSSR count). The van der Waals surface area contributed by atoms with Gasteiger partial charge in [-0.1, -0.05) is 12.1 Å². The van der Waals surface area contributed by atoms with Crippen molar-refractivity contribution in [2.75, 3.05) is 31.1 Å². The van der Waals surface area contributed by atoms with Crippen molar-refractivity contribution in [3.05, 3.63) is 52.7 Å². The van der Waals surface area contributed by atoms with Crippen molar-refractivity contribution < 1.29 is 4.39 Å². The molecule has 0 radical (unpaired) electrons. The number of piperazine rings is 1. The van der Waals surface area contributed by atoms with Crippen LogP contribution in [0.25, 0.3) is 0 Å². The van der Waals surface area contributed by atoms with Crippen LogP contribution in [0.2, 0.25) is 0 Å². The predicted molar refractivity (Wildman–Crippen MR) is 97.3 cm³/mol. The second-order valence-electron chi connectivity index (χ2n) is 7.15. The number of hydrogen-bond acceptors (Lipinski definition) is 5. The van der Waals surface area contributed by atoms with Crippen LogP contribution < -0.4 is 4.90 Å². The lowest BCUT2D eigenvalue weighted by atomic mass is 10.1. The summed E-state index contributed by atoms with van der Waals surface area (Å²) in [6.07, 6.45) is 2.23. The van der Waals surface area contributed by atoms with Gasteiger partial charge in [0.05, 0.1) is 17.3 Å². The molecule has 1 aliphatic carbocycles. The molecule has 6 heteroatoms. The molecule has 2 aliphatic rings. The van der Waals surface area contributed by atoms with Gasteiger partial charge in [-0.25, -0.2) is 14.4 Å². The van der Waals surface area contributed by atoms with Crippen LogP contribution in [0.3, 0.4) is 0 Å². The van der Waals surface area contributed by atoms with Crippen LogP contribution in [0, 0.1) is 24.1 Å². The summed E-state index contributed by atoms with van der Waals surface area (Å²) in [6, 6.07) is 9.84. The van der Waals surface area contributed by atoms with E-state index in [1.165, 1.54) is 5.56 Å². The molecule has 0 atom stereocenters. The summed E-state index contributed by atoms with van der Waals surface area (Å²) in [5, 5.41) is 8.88. The third kappa shape index (κ3) is 3.54. The summed E-state index contributed by atoms with van der Waals surface area (Å²) in [7, 11) is 0. The van der Waals surface area contributed by atoms with E-state index in [0.717, 1.165) is 51.4 Å². The fourth-order valence-electron chi connectivity index (χ4n) is 3.36. The first-order valence-corrected chi connectivity index (χ1v) is 9.14. The van der Waals surface area contributed by atoms with Gasteiger partial charge < -0.3 is 4.90 Å². The first-order chi connectivity index (χ1) is 12.6. The molecule has 0 bridgehead atoms. The molecule has 0 unspecified atom stereocenters. The van der Waals surface area contributed by atoms with E-state index in [0.29, 0.717) is 23.0 Å². The van der Waals surface area contributed by atoms with E-state index >= 15 is 0 Å². The monoisotopic (exact) mass is 351 g/mol. The van der Waals surface area contributed by atoms with Crippen molar-refractivity contribution in [2.24, 2.45) is 0 Å². The summed E-state index contributed by atoms with van der Waals surface area (Å²) < 4.78 is 14.6. The van der Waals surface area contributed by atoms with Crippen molar-refractivity contribution in [1.82, 2.24) is 14.9 Å². The van der Waals surface area contributed by atoms with Gasteiger partial charge in [-0.05, 0) is 37.5 Å². The second-order valence-corrected chi connectivity index (χ2v) is 7.15. The van der Waals surface area contributed by atoms with Gasteiger partial charge in [0.15, 0.2) is 11.6 Å². The van der Waals surface area contributed by atoms with E-state index in [1.807, 2.05) is 29.2 Å². The minimum atomic E-state index is -0.282. The van der Waals surface area contributed by atoms with Gasteiger partial charge in [0.25, 0.3) is 0 Å². The molecule has 26 heavy (non-hydrogen) atoms. The Labute approximate surface area is 153 Å². The Kier molecular flexibility index (Phi) is 4.56. The maximum atomic E-state index is 14.6. The lowest BCUT2D eigenvalue weighted by Gasteiger charge is -2.35. The van der Waals surface area contributed by atoms with Crippen LogP contribution in [0.4, 0.5) is 10.2 Å². The van der Waals surface area contributed by atoms with Gasteiger partial charge in [-0.3, -0.25) is 4.90 Å². The van der Waals surface area contributed by atoms with Crippen LogP contribution >= 0.6 is 0 Å². The van der Waals surface area contributed by atoms with E-state index in [2.05, 4.69) is 20.9 Å². The zero-order valence-corrected chi connectivity index (χ0v) is 15.0. The Bertz CT molecular complexity index is 831. The fraction of sp³-hybridized carbons (Fsp3) is 0.450. The summed E-state index contributed by atoms with van der Waals surface area (Å²) in [4.78, 5) is 13.3. The number of nitrogens with zero attached hydrogens (tertiary/aromatic N) is 5. The highest BCUT2D eigenvalue weighted by molar-refractivity contribution is 5.43. The van der Waals surface area contributed by atoms with Crippen molar-refractivity contribution >= 4 is 5.82 Å². The van der Waals surface area contributed by atoms with Crippen LogP contribution in [0.5, 0.6) is 0 Å². The number of halogens is 1. The number of rotatable bonds is 4. The number of hydrogen-bond donors (Lipinski definition) is 0. The predicted octanol–water partition coefficient (Wildman–Crippen LogP) is 3.00. The summed E-state index contributed by atoms with van der Waals surface area (Å²) in [6.45, 7) is 5.82. The minimum Gasteiger partial charge on any atom is -0.352 e. The molecular weight excluding hydrogens is 329 g/mol. The van der Waals surface area contributed by atoms with Gasteiger partial charge in [0, 0.05) is 38.6 Å². The molecule has 0 amide bonds. The zero-order valence-electron chi connectivity index (χ0n) is 15.0. The summed E-state index contributed by atoms with van der Waals surface area (Å²) in [5.74, 6) is 1.41. The van der Waals surface area contributed by atoms with Crippen LogP contribution in [0.15, 0.2) is 24.3 Å². The molecule has 1 saturated heterocycles. The minimum absolute atomic E-state index is 0.282. The standard InChI is InChI=1S/C20H22FN5/c1-14-18(21)20(24-19(23-14)17-6-7-17)26-10-8-25(9-11-26)13-16-4-2-15(12-22)3-5-16/h2-5,17H,6-11,13H2,1H3. The molecule has 2 aromatic rings. The highest BCUT2D eigenvalue weighted by Gasteiger charge is 2.30. The lowest BCUT2D eigenvalue weighted by Crippen LogP contribution is -2.46. The highest BCUT2D eigenvalue weighted by atomic mass is 19.1. The normalized spacial score (nSPS) is 18.0. The molecule has 1 aliphatic heterocycles. The molecule has 134 valence electrons. The third-order valence-electron chi connectivity index (χ3n) is 5.12. The van der Waals surface area contributed by atoms with Crippen LogP contribution in [-0.2, 0) is 6.54 Å². The number of anilines is 1. The lowest BCUT2D eigenvalue weighted by molar-refractivity contribution is 0.248. The molecule has 1 saturated carbocycles. The third-order valence-corrected chi connectivity index (χ3v) is 5.12. The van der Waals surface area contributed by atoms with E-state index in [-0.39, 0.29) is 5.82 Å². The van der Waals surface area contributed by atoms with E-state index < -0.39 is 0 Å². The summed E-state index contributed by atoms with van der Waals surface area (Å²) in [5.41, 5.74) is 2.33. The quantitative estimate of drug-likeness (QED) is 0.848. The Balaban J connectivity index is 1.41. The first kappa shape index (κ1) is 16.9. The molecule has 5 nitrogen and oxygen atoms in total. The van der Waals surface area contributed by atoms with Gasteiger partial charge >= 0.3 is 0 Å². The molecule has 0 N–H and O–H groups in total. The van der Waals surface area contributed by atoms with Crippen molar-refractivity contribution in [3.8, 4) is 6.07 Å². The molecule has 1 aromatic carbocycles. The molecule has 0 spiro atoms. The maximum absolute atomic E-state index is 14.6. The molecular formula is C20H22FN5. The average molecular weight is 351 g/mol. The van der Waals surface area contributed by atoms with Crippen LogP contribution in [-0.4, -0.2) is 41.0 Å². The Hall–Kier alpha value is -2.52. The van der Waals surface area contributed by atoms with E-state index in [4.69, 9.17) is 5.26 Å². The van der Waals surface area contributed by atoms with Crippen molar-refractivity contribution in [2.45, 2.75) is 32.2 Å². The second kappa shape index (κ2) is 7.00. The van der Waals surface area contributed by atoms with Gasteiger partial charge in [-0.2, -0.15) is 5.26 Å². The molecule has 2 heterocycles. The SMILES string of the molecule is Cc1nc(C2CC2)nc(N2CCN(Cc3ccc(C#N)cc3)CC2)c1F.